The number of likely N-dealkylation sites (tertiary alicyclic amines) is 1. The van der Waals surface area contributed by atoms with Crippen LogP contribution in [-0.4, -0.2) is 42.5 Å². The van der Waals surface area contributed by atoms with Crippen LogP contribution in [0, 0.1) is 0 Å². The minimum Gasteiger partial charge on any atom is -0.325 e. The van der Waals surface area contributed by atoms with Crippen molar-refractivity contribution >= 4 is 34.9 Å². The van der Waals surface area contributed by atoms with Gasteiger partial charge in [0.1, 0.15) is 0 Å². The average Bonchev–Trinajstić information content (AvgIpc) is 2.69. The fraction of sp³-hybridized carbons (Fsp3) is 0.409. The third kappa shape index (κ3) is 4.00. The van der Waals surface area contributed by atoms with Gasteiger partial charge < -0.3 is 15.1 Å². The van der Waals surface area contributed by atoms with Gasteiger partial charge in [-0.1, -0.05) is 41.4 Å². The highest BCUT2D eigenvalue weighted by molar-refractivity contribution is 6.35. The fourth-order valence-electron chi connectivity index (χ4n) is 4.32. The highest BCUT2D eigenvalue weighted by Gasteiger charge is 2.29. The number of carbonyl (C=O) groups excluding carboxylic acids is 1. The number of urea groups is 1. The third-order valence-electron chi connectivity index (χ3n) is 5.71. The van der Waals surface area contributed by atoms with Crippen LogP contribution in [-0.2, 0) is 6.54 Å². The number of rotatable bonds is 2. The van der Waals surface area contributed by atoms with Gasteiger partial charge in [0, 0.05) is 47.8 Å². The number of piperidine rings is 1. The molecule has 148 valence electrons. The Bertz CT molecular complexity index is 880. The van der Waals surface area contributed by atoms with E-state index >= 15 is 0 Å². The average molecular weight is 418 g/mol. The largest absolute Gasteiger partial charge is 0.325 e. The van der Waals surface area contributed by atoms with Gasteiger partial charge in [-0.05, 0) is 61.2 Å². The van der Waals surface area contributed by atoms with Crippen molar-refractivity contribution in [3.63, 3.8) is 0 Å². The van der Waals surface area contributed by atoms with E-state index in [1.165, 1.54) is 6.42 Å². The van der Waals surface area contributed by atoms with Gasteiger partial charge in [0.15, 0.2) is 0 Å². The minimum atomic E-state index is -0.0133. The maximum Gasteiger partial charge on any atom is 0.321 e. The van der Waals surface area contributed by atoms with Crippen molar-refractivity contribution in [1.82, 2.24) is 9.80 Å². The van der Waals surface area contributed by atoms with E-state index in [1.807, 2.05) is 35.2 Å². The number of anilines is 1. The zero-order chi connectivity index (χ0) is 19.7. The van der Waals surface area contributed by atoms with Crippen molar-refractivity contribution in [1.29, 1.82) is 0 Å². The summed E-state index contributed by atoms with van der Waals surface area (Å²) in [4.78, 5) is 17.0. The molecule has 4 rings (SSSR count). The molecule has 2 aromatic carbocycles. The summed E-state index contributed by atoms with van der Waals surface area (Å²) in [6.45, 7) is 3.30. The number of nitrogens with one attached hydrogen (secondary N) is 1. The molecule has 2 heterocycles. The topological polar surface area (TPSA) is 35.6 Å². The van der Waals surface area contributed by atoms with E-state index in [4.69, 9.17) is 23.2 Å². The second-order valence-corrected chi connectivity index (χ2v) is 8.61. The number of halogens is 2. The van der Waals surface area contributed by atoms with E-state index in [1.54, 1.807) is 0 Å². The summed E-state index contributed by atoms with van der Waals surface area (Å²) >= 11 is 12.8. The number of para-hydroxylation sites is 1. The number of nitrogens with zero attached hydrogens (tertiary/aromatic N) is 2. The number of amides is 2. The first-order chi connectivity index (χ1) is 13.5. The molecule has 0 aliphatic carbocycles. The lowest BCUT2D eigenvalue weighted by molar-refractivity contribution is 0.200. The van der Waals surface area contributed by atoms with E-state index in [0.717, 1.165) is 61.4 Å². The molecule has 1 atom stereocenters. The Balaban J connectivity index is 1.68. The Labute approximate surface area is 176 Å². The second-order valence-electron chi connectivity index (χ2n) is 7.77. The molecule has 0 aromatic heterocycles. The lowest BCUT2D eigenvalue weighted by atomic mass is 9.84. The van der Waals surface area contributed by atoms with Crippen molar-refractivity contribution < 1.29 is 4.79 Å². The zero-order valence-corrected chi connectivity index (χ0v) is 17.6. The van der Waals surface area contributed by atoms with E-state index in [-0.39, 0.29) is 11.9 Å². The molecule has 0 radical (unpaired) electrons. The minimum absolute atomic E-state index is 0.0133. The first-order valence-electron chi connectivity index (χ1n) is 9.84. The molecule has 0 bridgehead atoms. The normalized spacial score (nSPS) is 20.0. The Kier molecular flexibility index (Phi) is 5.81. The number of fused-ring (bicyclic) bond motifs is 1. The van der Waals surface area contributed by atoms with Gasteiger partial charge in [-0.2, -0.15) is 0 Å². The van der Waals surface area contributed by atoms with Crippen molar-refractivity contribution in [2.75, 3.05) is 32.0 Å². The number of likely N-dealkylation sites (N-methyl/N-ethyl adjacent to an activating group) is 1. The van der Waals surface area contributed by atoms with E-state index < -0.39 is 0 Å². The maximum atomic E-state index is 12.8. The predicted molar refractivity (Wildman–Crippen MR) is 116 cm³/mol. The fourth-order valence-corrected chi connectivity index (χ4v) is 4.89. The van der Waals surface area contributed by atoms with Crippen LogP contribution in [0.1, 0.15) is 41.9 Å². The van der Waals surface area contributed by atoms with E-state index in [9.17, 15) is 4.79 Å². The van der Waals surface area contributed by atoms with Gasteiger partial charge >= 0.3 is 6.03 Å². The second kappa shape index (κ2) is 8.32. The highest BCUT2D eigenvalue weighted by atomic mass is 35.5. The van der Waals surface area contributed by atoms with Crippen molar-refractivity contribution in [3.05, 3.63) is 63.1 Å². The summed E-state index contributed by atoms with van der Waals surface area (Å²) in [5, 5.41) is 4.50. The third-order valence-corrected chi connectivity index (χ3v) is 6.27. The Morgan fingerprint density at radius 1 is 1.07 bits per heavy atom. The van der Waals surface area contributed by atoms with Crippen LogP contribution in [0.5, 0.6) is 0 Å². The SMILES string of the molecule is CN1Cc2c(Cl)cc(Cl)cc2C(c2ccccc2NC(=O)N2CCCCC2)C1. The van der Waals surface area contributed by atoms with Crippen molar-refractivity contribution in [3.8, 4) is 0 Å². The standard InChI is InChI=1S/C22H25Cl2N3O/c1-26-13-18(17-11-15(23)12-20(24)19(17)14-26)16-7-3-4-8-21(16)25-22(28)27-9-5-2-6-10-27/h3-4,7-8,11-12,18H,2,5-6,9-10,13-14H2,1H3,(H,25,28). The van der Waals surface area contributed by atoms with Crippen LogP contribution in [0.25, 0.3) is 0 Å². The molecular formula is C22H25Cl2N3O. The van der Waals surface area contributed by atoms with Crippen molar-refractivity contribution in [2.24, 2.45) is 0 Å². The molecule has 0 spiro atoms. The molecule has 2 aliphatic rings. The molecule has 1 unspecified atom stereocenters. The summed E-state index contributed by atoms with van der Waals surface area (Å²) in [5.74, 6) is 0.0998. The predicted octanol–water partition coefficient (Wildman–Crippen LogP) is 5.59. The van der Waals surface area contributed by atoms with Gasteiger partial charge in [-0.3, -0.25) is 0 Å². The van der Waals surface area contributed by atoms with Crippen LogP contribution < -0.4 is 5.32 Å². The number of hydrogen-bond acceptors (Lipinski definition) is 2. The van der Waals surface area contributed by atoms with Gasteiger partial charge in [0.25, 0.3) is 0 Å². The molecule has 28 heavy (non-hydrogen) atoms. The molecular weight excluding hydrogens is 393 g/mol. The summed E-state index contributed by atoms with van der Waals surface area (Å²) in [7, 11) is 2.09. The molecule has 1 saturated heterocycles. The Morgan fingerprint density at radius 3 is 2.61 bits per heavy atom. The number of benzene rings is 2. The molecule has 6 heteroatoms. The van der Waals surface area contributed by atoms with Gasteiger partial charge in [0.05, 0.1) is 0 Å². The molecule has 1 N–H and O–H groups in total. The van der Waals surface area contributed by atoms with Crippen molar-refractivity contribution in [2.45, 2.75) is 31.7 Å². The smallest absolute Gasteiger partial charge is 0.321 e. The number of carbonyl (C=O) groups is 1. The Hall–Kier alpha value is -1.75. The van der Waals surface area contributed by atoms with Crippen LogP contribution >= 0.6 is 23.2 Å². The zero-order valence-electron chi connectivity index (χ0n) is 16.0. The lowest BCUT2D eigenvalue weighted by Crippen LogP contribution is -2.39. The van der Waals surface area contributed by atoms with E-state index in [2.05, 4.69) is 23.3 Å². The monoisotopic (exact) mass is 417 g/mol. The van der Waals surface area contributed by atoms with Gasteiger partial charge in [-0.25, -0.2) is 4.79 Å². The summed E-state index contributed by atoms with van der Waals surface area (Å²) in [6, 6.07) is 11.9. The maximum absolute atomic E-state index is 12.8. The van der Waals surface area contributed by atoms with Crippen LogP contribution in [0.3, 0.4) is 0 Å². The van der Waals surface area contributed by atoms with Gasteiger partial charge in [0.2, 0.25) is 0 Å². The summed E-state index contributed by atoms with van der Waals surface area (Å²) in [5.41, 5.74) is 4.22. The molecule has 0 saturated carbocycles. The van der Waals surface area contributed by atoms with Crippen LogP contribution in [0.4, 0.5) is 10.5 Å². The Morgan fingerprint density at radius 2 is 1.82 bits per heavy atom. The molecule has 4 nitrogen and oxygen atoms in total. The van der Waals surface area contributed by atoms with E-state index in [0.29, 0.717) is 10.0 Å². The first kappa shape index (κ1) is 19.6. The number of hydrogen-bond donors (Lipinski definition) is 1. The molecule has 2 aliphatic heterocycles. The highest BCUT2D eigenvalue weighted by Crippen LogP contribution is 2.40. The van der Waals surface area contributed by atoms with Crippen LogP contribution in [0.2, 0.25) is 10.0 Å². The van der Waals surface area contributed by atoms with Crippen LogP contribution in [0.15, 0.2) is 36.4 Å². The molecule has 1 fully saturated rings. The molecule has 2 amide bonds. The first-order valence-corrected chi connectivity index (χ1v) is 10.6. The molecule has 2 aromatic rings. The quantitative estimate of drug-likeness (QED) is 0.690. The summed E-state index contributed by atoms with van der Waals surface area (Å²) < 4.78 is 0. The summed E-state index contributed by atoms with van der Waals surface area (Å²) in [6.07, 6.45) is 3.35. The lowest BCUT2D eigenvalue weighted by Gasteiger charge is -2.34. The van der Waals surface area contributed by atoms with Gasteiger partial charge in [-0.15, -0.1) is 0 Å².